The molecule has 0 radical (unpaired) electrons. The second-order valence-corrected chi connectivity index (χ2v) is 13.5. The van der Waals surface area contributed by atoms with Gasteiger partial charge in [0.25, 0.3) is 10.2 Å². The van der Waals surface area contributed by atoms with Gasteiger partial charge >= 0.3 is 6.09 Å². The van der Waals surface area contributed by atoms with E-state index in [0.717, 1.165) is 38.9 Å². The number of rotatable bonds is 17. The number of fused-ring (bicyclic) bond motifs is 3. The van der Waals surface area contributed by atoms with Crippen molar-refractivity contribution in [2.45, 2.75) is 30.0 Å². The Morgan fingerprint density at radius 1 is 0.741 bits per heavy atom. The van der Waals surface area contributed by atoms with Crippen LogP contribution >= 0.6 is 0 Å². The molecule has 7 rings (SSSR count). The fraction of sp³-hybridized carbons (Fsp3) is 0.186. The predicted molar refractivity (Wildman–Crippen MR) is 210 cm³/mol. The van der Waals surface area contributed by atoms with Crippen LogP contribution in [0.15, 0.2) is 152 Å². The number of nitrogens with one attached hydrogen (secondary N) is 2. The third kappa shape index (κ3) is 8.33. The summed E-state index contributed by atoms with van der Waals surface area (Å²) in [6.07, 6.45) is 0.922. The zero-order valence-electron chi connectivity index (χ0n) is 31.0. The third-order valence-electron chi connectivity index (χ3n) is 10.1. The molecule has 0 aliphatic heterocycles. The van der Waals surface area contributed by atoms with Gasteiger partial charge in [0, 0.05) is 25.1 Å². The highest BCUT2D eigenvalue weighted by Gasteiger charge is 2.39. The van der Waals surface area contributed by atoms with Gasteiger partial charge in [0.1, 0.15) is 30.9 Å². The normalized spacial score (nSPS) is 13.0. The van der Waals surface area contributed by atoms with E-state index in [1.165, 1.54) is 0 Å². The van der Waals surface area contributed by atoms with Crippen LogP contribution in [0, 0.1) is 20.2 Å². The first-order valence-corrected chi connectivity index (χ1v) is 18.4. The number of imidazole rings is 1. The summed E-state index contributed by atoms with van der Waals surface area (Å²) < 4.78 is 7.73. The summed E-state index contributed by atoms with van der Waals surface area (Å²) in [4.78, 5) is 62.8. The van der Waals surface area contributed by atoms with Crippen molar-refractivity contribution in [3.8, 4) is 11.1 Å². The number of carbonyl (C=O) groups is 2. The minimum absolute atomic E-state index is 0.0203. The molecule has 2 amide bonds. The van der Waals surface area contributed by atoms with Crippen LogP contribution < -0.4 is 10.6 Å². The minimum Gasteiger partial charge on any atom is -0.449 e. The molecule has 0 saturated heterocycles. The topological polar surface area (TPSA) is 190 Å². The number of ether oxygens (including phenoxy) is 1. The Hall–Kier alpha value is -7.55. The lowest BCUT2D eigenvalue weighted by Crippen LogP contribution is -2.50. The van der Waals surface area contributed by atoms with Crippen molar-refractivity contribution in [3.63, 3.8) is 0 Å². The van der Waals surface area contributed by atoms with E-state index in [0.29, 0.717) is 5.69 Å². The molecule has 294 valence electrons. The molecule has 0 saturated carbocycles. The Balaban J connectivity index is 1.18. The van der Waals surface area contributed by atoms with Crippen LogP contribution in [0.2, 0.25) is 0 Å². The molecular weight excluding hydrogens is 745 g/mol. The van der Waals surface area contributed by atoms with Crippen LogP contribution in [-0.4, -0.2) is 63.6 Å². The summed E-state index contributed by atoms with van der Waals surface area (Å²) in [6.45, 7) is -1.40. The van der Waals surface area contributed by atoms with Gasteiger partial charge in [-0.2, -0.15) is 0 Å². The van der Waals surface area contributed by atoms with Crippen molar-refractivity contribution in [1.82, 2.24) is 20.2 Å². The quantitative estimate of drug-likeness (QED) is 0.0624. The molecule has 0 spiro atoms. The fourth-order valence-corrected chi connectivity index (χ4v) is 7.57. The van der Waals surface area contributed by atoms with Crippen LogP contribution in [0.1, 0.15) is 39.4 Å². The van der Waals surface area contributed by atoms with Crippen molar-refractivity contribution in [1.29, 1.82) is 0 Å². The summed E-state index contributed by atoms with van der Waals surface area (Å²) >= 11 is 0. The molecule has 6 aromatic rings. The summed E-state index contributed by atoms with van der Waals surface area (Å²) in [7, 11) is 0. The van der Waals surface area contributed by atoms with Gasteiger partial charge in [-0.1, -0.05) is 140 Å². The first-order valence-electron chi connectivity index (χ1n) is 18.4. The van der Waals surface area contributed by atoms with E-state index < -0.39 is 53.0 Å². The van der Waals surface area contributed by atoms with Crippen molar-refractivity contribution in [2.24, 2.45) is 0 Å². The van der Waals surface area contributed by atoms with Gasteiger partial charge in [0.05, 0.1) is 12.0 Å². The zero-order chi connectivity index (χ0) is 40.5. The minimum atomic E-state index is -1.53. The number of amides is 2. The molecule has 5 aromatic carbocycles. The molecule has 2 N–H and O–H groups in total. The molecule has 15 nitrogen and oxygen atoms in total. The predicted octanol–water partition coefficient (Wildman–Crippen LogP) is 6.07. The molecule has 1 aromatic heterocycles. The van der Waals surface area contributed by atoms with Crippen LogP contribution in [0.25, 0.3) is 11.1 Å². The highest BCUT2D eigenvalue weighted by molar-refractivity contribution is 5.86. The molecule has 58 heavy (non-hydrogen) atoms. The Morgan fingerprint density at radius 2 is 1.26 bits per heavy atom. The molecule has 1 heterocycles. The number of hydrogen-bond acceptors (Lipinski definition) is 10. The average Bonchev–Trinajstić information content (AvgIpc) is 3.84. The molecular formula is C43H38N6O9. The van der Waals surface area contributed by atoms with Crippen LogP contribution in [0.3, 0.4) is 0 Å². The maximum Gasteiger partial charge on any atom is 0.407 e. The standard InChI is InChI=1S/C43H38N6O9/c50-41(44-25-34(58-49(54)55)27-57-48(52)53)40(46-42(51)56-28-39-37-22-12-10-20-35(37)36-21-11-13-23-38(36)39)24-33-26-47(29-45-33)43(30-14-4-1-5-15-30,31-16-6-2-7-17-31)32-18-8-3-9-19-32/h1-23,26,29,34,39-40H,24-25,27-28H2,(H,44,50)(H,46,51)/t34-,40-/m0/s1. The Kier molecular flexibility index (Phi) is 11.7. The van der Waals surface area contributed by atoms with E-state index in [1.807, 2.05) is 144 Å². The number of nitrogens with zero attached hydrogens (tertiary/aromatic N) is 4. The zero-order valence-corrected chi connectivity index (χ0v) is 31.0. The number of aromatic nitrogens is 2. The second kappa shape index (κ2) is 17.5. The van der Waals surface area contributed by atoms with Crippen molar-refractivity contribution < 1.29 is 34.2 Å². The van der Waals surface area contributed by atoms with Gasteiger partial charge < -0.3 is 29.6 Å². The van der Waals surface area contributed by atoms with Crippen molar-refractivity contribution >= 4 is 12.0 Å². The smallest absolute Gasteiger partial charge is 0.407 e. The number of hydrogen-bond donors (Lipinski definition) is 2. The number of benzene rings is 5. The van der Waals surface area contributed by atoms with Gasteiger partial charge in [-0.05, 0) is 38.9 Å². The molecule has 0 fully saturated rings. The maximum atomic E-state index is 13.9. The summed E-state index contributed by atoms with van der Waals surface area (Å²) in [5.41, 5.74) is 6.43. The molecule has 0 bridgehead atoms. The Labute approximate surface area is 332 Å². The third-order valence-corrected chi connectivity index (χ3v) is 10.1. The largest absolute Gasteiger partial charge is 0.449 e. The summed E-state index contributed by atoms with van der Waals surface area (Å²) in [5.74, 6) is -1.02. The average molecular weight is 783 g/mol. The molecule has 0 unspecified atom stereocenters. The Bertz CT molecular complexity index is 2230. The van der Waals surface area contributed by atoms with Gasteiger partial charge in [0.2, 0.25) is 5.91 Å². The SMILES string of the molecule is O=C(N[C@@H](Cc1cn(C(c2ccccc2)(c2ccccc2)c2ccccc2)cn1)C(=O)NC[C@@H](CO[N+](=O)[O-])O[N+](=O)[O-])OCC1c2ccccc2-c2ccccc21. The fourth-order valence-electron chi connectivity index (χ4n) is 7.57. The summed E-state index contributed by atoms with van der Waals surface area (Å²) in [5, 5.41) is 24.8. The monoisotopic (exact) mass is 782 g/mol. The number of alkyl carbamates (subject to hydrolysis) is 1. The Morgan fingerprint density at radius 3 is 1.78 bits per heavy atom. The van der Waals surface area contributed by atoms with Gasteiger partial charge in [0.15, 0.2) is 0 Å². The van der Waals surface area contributed by atoms with Crippen molar-refractivity contribution in [2.75, 3.05) is 19.8 Å². The van der Waals surface area contributed by atoms with Crippen LogP contribution in [-0.2, 0) is 31.2 Å². The van der Waals surface area contributed by atoms with Gasteiger partial charge in [-0.25, -0.2) is 9.78 Å². The first kappa shape index (κ1) is 38.7. The molecule has 15 heteroatoms. The van der Waals surface area contributed by atoms with E-state index in [-0.39, 0.29) is 18.9 Å². The first-order chi connectivity index (χ1) is 28.2. The van der Waals surface area contributed by atoms with Crippen LogP contribution in [0.4, 0.5) is 4.79 Å². The van der Waals surface area contributed by atoms with E-state index in [4.69, 9.17) is 9.72 Å². The summed E-state index contributed by atoms with van der Waals surface area (Å²) in [6, 6.07) is 44.2. The van der Waals surface area contributed by atoms with Crippen molar-refractivity contribution in [3.05, 3.63) is 206 Å². The van der Waals surface area contributed by atoms with E-state index in [1.54, 1.807) is 12.5 Å². The van der Waals surface area contributed by atoms with Gasteiger partial charge in [-0.3, -0.25) is 4.79 Å². The van der Waals surface area contributed by atoms with Crippen LogP contribution in [0.5, 0.6) is 0 Å². The van der Waals surface area contributed by atoms with Gasteiger partial charge in [-0.15, -0.1) is 20.2 Å². The lowest BCUT2D eigenvalue weighted by atomic mass is 9.77. The highest BCUT2D eigenvalue weighted by atomic mass is 17.0. The maximum absolute atomic E-state index is 13.9. The molecule has 1 aliphatic carbocycles. The number of carbonyl (C=O) groups excluding carboxylic acids is 2. The lowest BCUT2D eigenvalue weighted by molar-refractivity contribution is -0.789. The van der Waals surface area contributed by atoms with E-state index >= 15 is 0 Å². The lowest BCUT2D eigenvalue weighted by Gasteiger charge is -2.37. The highest BCUT2D eigenvalue weighted by Crippen LogP contribution is 2.45. The molecule has 1 aliphatic rings. The van der Waals surface area contributed by atoms with E-state index in [9.17, 15) is 29.8 Å². The van der Waals surface area contributed by atoms with E-state index in [2.05, 4.69) is 20.3 Å². The molecule has 2 atom stereocenters. The second-order valence-electron chi connectivity index (χ2n) is 13.5.